The number of carbonyl (C=O) groups is 2. The number of pyridine rings is 1. The van der Waals surface area contributed by atoms with Crippen LogP contribution in [0, 0.1) is 17.6 Å². The molecule has 0 bridgehead atoms. The Labute approximate surface area is 172 Å². The lowest BCUT2D eigenvalue weighted by atomic mass is 9.78. The highest BCUT2D eigenvalue weighted by Crippen LogP contribution is 2.49. The molecule has 3 atom stereocenters. The zero-order chi connectivity index (χ0) is 22.2. The Bertz CT molecular complexity index is 996. The Balaban J connectivity index is 1.98. The van der Waals surface area contributed by atoms with Crippen LogP contribution < -0.4 is 15.8 Å². The average Bonchev–Trinajstić information content (AvgIpc) is 2.93. The fourth-order valence-corrected chi connectivity index (χ4v) is 3.72. The fraction of sp³-hybridized carbons (Fsp3) is 0.381. The molecule has 0 saturated carbocycles. The van der Waals surface area contributed by atoms with Crippen molar-refractivity contribution in [2.45, 2.75) is 38.4 Å². The summed E-state index contributed by atoms with van der Waals surface area (Å²) in [7, 11) is 1.24. The first-order chi connectivity index (χ1) is 14.1. The van der Waals surface area contributed by atoms with Crippen LogP contribution in [0.5, 0.6) is 5.75 Å². The summed E-state index contributed by atoms with van der Waals surface area (Å²) in [6.07, 6.45) is 0.326. The van der Waals surface area contributed by atoms with Gasteiger partial charge in [0.1, 0.15) is 11.8 Å². The van der Waals surface area contributed by atoms with Gasteiger partial charge in [-0.25, -0.2) is 4.39 Å². The van der Waals surface area contributed by atoms with Gasteiger partial charge >= 0.3 is 0 Å². The highest BCUT2D eigenvalue weighted by atomic mass is 19.2. The second-order valence-corrected chi connectivity index (χ2v) is 7.72. The standard InChI is InChI=1S/C21H23F2N3O4/c1-10-15(12-5-6-13(22)16(23)17(12)29-4)18(30-21(10,2)3)20(28)26-11-7-8-25-14(9-11)19(24)27/h5-10,15,18H,1-4H3,(H2,24,27)(H,25,26,28)/t10-,15?,18?/m1/s1. The molecule has 1 saturated heterocycles. The molecule has 1 aromatic carbocycles. The summed E-state index contributed by atoms with van der Waals surface area (Å²) >= 11 is 0. The monoisotopic (exact) mass is 419 g/mol. The number of aromatic nitrogens is 1. The van der Waals surface area contributed by atoms with Crippen LogP contribution in [-0.2, 0) is 9.53 Å². The molecule has 2 amide bonds. The summed E-state index contributed by atoms with van der Waals surface area (Å²) in [6.45, 7) is 5.51. The zero-order valence-corrected chi connectivity index (χ0v) is 17.0. The molecule has 7 nitrogen and oxygen atoms in total. The summed E-state index contributed by atoms with van der Waals surface area (Å²) < 4.78 is 39.2. The second-order valence-electron chi connectivity index (χ2n) is 7.72. The predicted molar refractivity (Wildman–Crippen MR) is 105 cm³/mol. The van der Waals surface area contributed by atoms with Gasteiger partial charge in [-0.1, -0.05) is 13.0 Å². The zero-order valence-electron chi connectivity index (χ0n) is 17.0. The van der Waals surface area contributed by atoms with Gasteiger partial charge in [0.15, 0.2) is 11.6 Å². The number of primary amides is 1. The number of rotatable bonds is 5. The van der Waals surface area contributed by atoms with Crippen LogP contribution in [0.2, 0.25) is 0 Å². The molecule has 0 aliphatic carbocycles. The van der Waals surface area contributed by atoms with Gasteiger partial charge in [0.2, 0.25) is 5.82 Å². The molecule has 0 radical (unpaired) electrons. The van der Waals surface area contributed by atoms with Gasteiger partial charge in [-0.2, -0.15) is 4.39 Å². The van der Waals surface area contributed by atoms with Crippen LogP contribution in [0.3, 0.4) is 0 Å². The Kier molecular flexibility index (Phi) is 5.76. The van der Waals surface area contributed by atoms with E-state index in [9.17, 15) is 18.4 Å². The van der Waals surface area contributed by atoms with E-state index in [0.717, 1.165) is 6.07 Å². The summed E-state index contributed by atoms with van der Waals surface area (Å²) in [4.78, 5) is 28.2. The van der Waals surface area contributed by atoms with Crippen LogP contribution >= 0.6 is 0 Å². The van der Waals surface area contributed by atoms with Crippen molar-refractivity contribution < 1.29 is 27.8 Å². The molecule has 1 aliphatic rings. The van der Waals surface area contributed by atoms with E-state index in [1.807, 2.05) is 20.8 Å². The number of benzene rings is 1. The Hall–Kier alpha value is -3.07. The quantitative estimate of drug-likeness (QED) is 0.776. The third-order valence-electron chi connectivity index (χ3n) is 5.57. The van der Waals surface area contributed by atoms with Crippen molar-refractivity contribution in [2.24, 2.45) is 11.7 Å². The molecule has 2 unspecified atom stereocenters. The largest absolute Gasteiger partial charge is 0.493 e. The van der Waals surface area contributed by atoms with Crippen molar-refractivity contribution in [1.29, 1.82) is 0 Å². The van der Waals surface area contributed by atoms with E-state index in [0.29, 0.717) is 11.3 Å². The first kappa shape index (κ1) is 21.6. The van der Waals surface area contributed by atoms with E-state index in [-0.39, 0.29) is 17.4 Å². The Morgan fingerprint density at radius 3 is 2.60 bits per heavy atom. The van der Waals surface area contributed by atoms with Gasteiger partial charge < -0.3 is 20.5 Å². The lowest BCUT2D eigenvalue weighted by molar-refractivity contribution is -0.131. The van der Waals surface area contributed by atoms with Gasteiger partial charge in [-0.3, -0.25) is 14.6 Å². The van der Waals surface area contributed by atoms with Crippen LogP contribution in [0.15, 0.2) is 30.5 Å². The molecule has 160 valence electrons. The topological polar surface area (TPSA) is 104 Å². The van der Waals surface area contributed by atoms with Crippen LogP contribution in [0.1, 0.15) is 42.7 Å². The highest BCUT2D eigenvalue weighted by molar-refractivity contribution is 5.97. The summed E-state index contributed by atoms with van der Waals surface area (Å²) in [5.41, 5.74) is 5.14. The highest BCUT2D eigenvalue weighted by Gasteiger charge is 2.51. The number of nitrogens with two attached hydrogens (primary N) is 1. The van der Waals surface area contributed by atoms with Crippen molar-refractivity contribution in [3.63, 3.8) is 0 Å². The number of hydrogen-bond acceptors (Lipinski definition) is 5. The SMILES string of the molecule is COc1c(C2C(C(=O)Nc3ccnc(C(N)=O)c3)OC(C)(C)[C@@H]2C)ccc(F)c1F. The molecular weight excluding hydrogens is 396 g/mol. The first-order valence-electron chi connectivity index (χ1n) is 9.33. The molecule has 3 rings (SSSR count). The second kappa shape index (κ2) is 7.98. The van der Waals surface area contributed by atoms with E-state index in [2.05, 4.69) is 10.3 Å². The molecule has 2 heterocycles. The van der Waals surface area contributed by atoms with Crippen molar-refractivity contribution in [3.8, 4) is 5.75 Å². The molecule has 9 heteroatoms. The molecule has 1 aromatic heterocycles. The minimum Gasteiger partial charge on any atom is -0.493 e. The van der Waals surface area contributed by atoms with Crippen molar-refractivity contribution in [2.75, 3.05) is 12.4 Å². The van der Waals surface area contributed by atoms with Gasteiger partial charge in [0.05, 0.1) is 12.7 Å². The Morgan fingerprint density at radius 2 is 1.97 bits per heavy atom. The number of nitrogens with zero attached hydrogens (tertiary/aromatic N) is 1. The lowest BCUT2D eigenvalue weighted by Gasteiger charge is -2.25. The molecule has 3 N–H and O–H groups in total. The summed E-state index contributed by atoms with van der Waals surface area (Å²) in [5.74, 6) is -4.50. The summed E-state index contributed by atoms with van der Waals surface area (Å²) in [6, 6.07) is 5.25. The number of hydrogen-bond donors (Lipinski definition) is 2. The predicted octanol–water partition coefficient (Wildman–Crippen LogP) is 3.00. The normalized spacial score (nSPS) is 22.5. The Morgan fingerprint density at radius 1 is 1.27 bits per heavy atom. The van der Waals surface area contributed by atoms with Gasteiger partial charge in [-0.05, 0) is 38.0 Å². The van der Waals surface area contributed by atoms with E-state index in [1.54, 1.807) is 0 Å². The average molecular weight is 419 g/mol. The number of ether oxygens (including phenoxy) is 2. The third-order valence-corrected chi connectivity index (χ3v) is 5.57. The molecule has 2 aromatic rings. The number of halogens is 2. The van der Waals surface area contributed by atoms with Crippen molar-refractivity contribution in [3.05, 3.63) is 53.4 Å². The number of anilines is 1. The van der Waals surface area contributed by atoms with Gasteiger partial charge in [0.25, 0.3) is 11.8 Å². The van der Waals surface area contributed by atoms with Crippen LogP contribution in [0.25, 0.3) is 0 Å². The third kappa shape index (κ3) is 3.85. The molecule has 0 spiro atoms. The minimum absolute atomic E-state index is 0.00679. The first-order valence-corrected chi connectivity index (χ1v) is 9.33. The molecular formula is C21H23F2N3O4. The van der Waals surface area contributed by atoms with Gasteiger partial charge in [-0.15, -0.1) is 0 Å². The maximum Gasteiger partial charge on any atom is 0.267 e. The lowest BCUT2D eigenvalue weighted by Crippen LogP contribution is -2.33. The van der Waals surface area contributed by atoms with E-state index < -0.39 is 41.1 Å². The number of nitrogens with one attached hydrogen (secondary N) is 1. The smallest absolute Gasteiger partial charge is 0.267 e. The maximum absolute atomic E-state index is 14.3. The number of carbonyl (C=O) groups excluding carboxylic acids is 2. The minimum atomic E-state index is -1.12. The fourth-order valence-electron chi connectivity index (χ4n) is 3.72. The van der Waals surface area contributed by atoms with Crippen LogP contribution in [-0.4, -0.2) is 35.6 Å². The number of methoxy groups -OCH3 is 1. The van der Waals surface area contributed by atoms with Crippen LogP contribution in [0.4, 0.5) is 14.5 Å². The van der Waals surface area contributed by atoms with E-state index >= 15 is 0 Å². The van der Waals surface area contributed by atoms with E-state index in [1.165, 1.54) is 31.5 Å². The van der Waals surface area contributed by atoms with Gasteiger partial charge in [0, 0.05) is 23.4 Å². The summed E-state index contributed by atoms with van der Waals surface area (Å²) in [5, 5.41) is 2.68. The van der Waals surface area contributed by atoms with Crippen molar-refractivity contribution >= 4 is 17.5 Å². The van der Waals surface area contributed by atoms with Crippen molar-refractivity contribution in [1.82, 2.24) is 4.98 Å². The molecule has 1 aliphatic heterocycles. The molecule has 1 fully saturated rings. The number of amides is 2. The molecule has 30 heavy (non-hydrogen) atoms. The maximum atomic E-state index is 14.3. The van der Waals surface area contributed by atoms with E-state index in [4.69, 9.17) is 15.2 Å².